The van der Waals surface area contributed by atoms with Gasteiger partial charge >= 0.3 is 0 Å². The molecule has 1 heterocycles. The van der Waals surface area contributed by atoms with E-state index in [1.165, 1.54) is 37.1 Å². The van der Waals surface area contributed by atoms with E-state index >= 15 is 0 Å². The largest absolute Gasteiger partial charge is 0.372 e. The fourth-order valence-electron chi connectivity index (χ4n) is 2.84. The van der Waals surface area contributed by atoms with Gasteiger partial charge in [0.25, 0.3) is 10.1 Å². The van der Waals surface area contributed by atoms with Gasteiger partial charge in [0.05, 0.1) is 4.90 Å². The van der Waals surface area contributed by atoms with Gasteiger partial charge in [-0.1, -0.05) is 24.3 Å². The van der Waals surface area contributed by atoms with Crippen molar-refractivity contribution in [1.29, 1.82) is 0 Å². The first-order valence-electron chi connectivity index (χ1n) is 7.47. The molecular formula is C17H20ClNO3S. The van der Waals surface area contributed by atoms with Crippen LogP contribution in [-0.2, 0) is 10.1 Å². The number of anilines is 1. The molecule has 4 nitrogen and oxygen atoms in total. The molecule has 2 aromatic carbocycles. The maximum Gasteiger partial charge on any atom is 0.294 e. The summed E-state index contributed by atoms with van der Waals surface area (Å²) < 4.78 is 31.1. The Kier molecular flexibility index (Phi) is 5.68. The molecule has 0 spiro atoms. The third kappa shape index (κ3) is 4.25. The van der Waals surface area contributed by atoms with Crippen LogP contribution in [0.4, 0.5) is 5.69 Å². The van der Waals surface area contributed by atoms with Crippen molar-refractivity contribution in [3.05, 3.63) is 48.5 Å². The van der Waals surface area contributed by atoms with Gasteiger partial charge in [-0.2, -0.15) is 8.42 Å². The number of benzene rings is 2. The monoisotopic (exact) mass is 353 g/mol. The Balaban J connectivity index is 0.00000192. The third-order valence-corrected chi connectivity index (χ3v) is 4.94. The molecule has 0 saturated carbocycles. The normalized spacial score (nSPS) is 15.1. The Bertz CT molecular complexity index is 736. The summed E-state index contributed by atoms with van der Waals surface area (Å²) in [4.78, 5) is 2.32. The quantitative estimate of drug-likeness (QED) is 0.847. The van der Waals surface area contributed by atoms with Gasteiger partial charge in [-0.05, 0) is 54.7 Å². The molecule has 0 amide bonds. The fraction of sp³-hybridized carbons (Fsp3) is 0.294. The van der Waals surface area contributed by atoms with Crippen molar-refractivity contribution in [3.8, 4) is 11.1 Å². The van der Waals surface area contributed by atoms with Crippen LogP contribution in [0, 0.1) is 0 Å². The maximum atomic E-state index is 11.1. The van der Waals surface area contributed by atoms with Crippen molar-refractivity contribution >= 4 is 28.2 Å². The zero-order valence-electron chi connectivity index (χ0n) is 12.7. The van der Waals surface area contributed by atoms with Gasteiger partial charge in [0.2, 0.25) is 0 Å². The van der Waals surface area contributed by atoms with Gasteiger partial charge in [0.15, 0.2) is 0 Å². The van der Waals surface area contributed by atoms with Crippen molar-refractivity contribution in [2.75, 3.05) is 18.0 Å². The van der Waals surface area contributed by atoms with E-state index in [0.717, 1.165) is 24.2 Å². The van der Waals surface area contributed by atoms with Crippen molar-refractivity contribution in [1.82, 2.24) is 0 Å². The highest BCUT2D eigenvalue weighted by Crippen LogP contribution is 2.26. The van der Waals surface area contributed by atoms with Crippen LogP contribution in [0.15, 0.2) is 53.4 Å². The van der Waals surface area contributed by atoms with Crippen LogP contribution < -0.4 is 4.90 Å². The van der Waals surface area contributed by atoms with Crippen molar-refractivity contribution in [3.63, 3.8) is 0 Å². The predicted octanol–water partition coefficient (Wildman–Crippen LogP) is 4.01. The van der Waals surface area contributed by atoms with Crippen molar-refractivity contribution < 1.29 is 13.0 Å². The summed E-state index contributed by atoms with van der Waals surface area (Å²) >= 11 is 0. The van der Waals surface area contributed by atoms with E-state index in [9.17, 15) is 8.42 Å². The lowest BCUT2D eigenvalue weighted by molar-refractivity contribution is 0.483. The van der Waals surface area contributed by atoms with Gasteiger partial charge in [0.1, 0.15) is 0 Å². The molecule has 0 aliphatic carbocycles. The van der Waals surface area contributed by atoms with Gasteiger partial charge in [-0.15, -0.1) is 12.4 Å². The van der Waals surface area contributed by atoms with Crippen LogP contribution in [0.25, 0.3) is 11.1 Å². The minimum absolute atomic E-state index is 0. The van der Waals surface area contributed by atoms with E-state index in [4.69, 9.17) is 4.55 Å². The topological polar surface area (TPSA) is 57.6 Å². The second-order valence-electron chi connectivity index (χ2n) is 5.59. The summed E-state index contributed by atoms with van der Waals surface area (Å²) in [5, 5.41) is 0. The number of hydrogen-bond acceptors (Lipinski definition) is 3. The number of halogens is 1. The molecule has 124 valence electrons. The highest BCUT2D eigenvalue weighted by atomic mass is 35.5. The number of rotatable bonds is 3. The van der Waals surface area contributed by atoms with Crippen molar-refractivity contribution in [2.24, 2.45) is 0 Å². The maximum absolute atomic E-state index is 11.1. The van der Waals surface area contributed by atoms with E-state index in [-0.39, 0.29) is 17.3 Å². The molecule has 2 aromatic rings. The van der Waals surface area contributed by atoms with Crippen molar-refractivity contribution in [2.45, 2.75) is 24.2 Å². The first kappa shape index (κ1) is 17.8. The van der Waals surface area contributed by atoms with Crippen LogP contribution in [0.2, 0.25) is 0 Å². The predicted molar refractivity (Wildman–Crippen MR) is 95.0 cm³/mol. The molecule has 0 aromatic heterocycles. The summed E-state index contributed by atoms with van der Waals surface area (Å²) in [7, 11) is -4.13. The molecule has 23 heavy (non-hydrogen) atoms. The van der Waals surface area contributed by atoms with E-state index in [1.54, 1.807) is 12.1 Å². The van der Waals surface area contributed by atoms with E-state index in [2.05, 4.69) is 17.0 Å². The van der Waals surface area contributed by atoms with Gasteiger partial charge in [-0.25, -0.2) is 0 Å². The Morgan fingerprint density at radius 2 is 1.26 bits per heavy atom. The summed E-state index contributed by atoms with van der Waals surface area (Å²) in [6.07, 6.45) is 3.81. The van der Waals surface area contributed by atoms with Gasteiger partial charge in [-0.3, -0.25) is 4.55 Å². The Morgan fingerprint density at radius 3 is 1.74 bits per heavy atom. The molecule has 0 unspecified atom stereocenters. The lowest BCUT2D eigenvalue weighted by Crippen LogP contribution is -2.29. The number of piperidine rings is 1. The molecule has 1 aliphatic rings. The average molecular weight is 354 g/mol. The molecule has 3 rings (SSSR count). The van der Waals surface area contributed by atoms with Crippen LogP contribution in [-0.4, -0.2) is 26.1 Å². The van der Waals surface area contributed by atoms with Gasteiger partial charge < -0.3 is 4.90 Å². The minimum Gasteiger partial charge on any atom is -0.372 e. The highest BCUT2D eigenvalue weighted by Gasteiger charge is 2.11. The lowest BCUT2D eigenvalue weighted by atomic mass is 10.0. The molecule has 1 fully saturated rings. The molecule has 0 radical (unpaired) electrons. The first-order chi connectivity index (χ1) is 10.5. The minimum atomic E-state index is -4.13. The molecule has 0 bridgehead atoms. The van der Waals surface area contributed by atoms with E-state index in [1.807, 2.05) is 12.1 Å². The van der Waals surface area contributed by atoms with Crippen LogP contribution in [0.5, 0.6) is 0 Å². The summed E-state index contributed by atoms with van der Waals surface area (Å²) in [6.45, 7) is 2.23. The van der Waals surface area contributed by atoms with Gasteiger partial charge in [0, 0.05) is 18.8 Å². The highest BCUT2D eigenvalue weighted by molar-refractivity contribution is 7.85. The smallest absolute Gasteiger partial charge is 0.294 e. The lowest BCUT2D eigenvalue weighted by Gasteiger charge is -2.28. The first-order valence-corrected chi connectivity index (χ1v) is 8.91. The third-order valence-electron chi connectivity index (χ3n) is 4.07. The fourth-order valence-corrected chi connectivity index (χ4v) is 3.32. The Morgan fingerprint density at radius 1 is 0.783 bits per heavy atom. The Labute approximate surface area is 143 Å². The molecule has 6 heteroatoms. The molecule has 1 saturated heterocycles. The molecule has 0 atom stereocenters. The van der Waals surface area contributed by atoms with Crippen LogP contribution in [0.1, 0.15) is 19.3 Å². The summed E-state index contributed by atoms with van der Waals surface area (Å²) in [6, 6.07) is 14.6. The van der Waals surface area contributed by atoms with E-state index in [0.29, 0.717) is 0 Å². The zero-order chi connectivity index (χ0) is 15.6. The second kappa shape index (κ2) is 7.34. The average Bonchev–Trinajstić information content (AvgIpc) is 2.55. The molecule has 1 N–H and O–H groups in total. The SMILES string of the molecule is Cl.O=S(=O)(O)c1ccc(-c2ccc(N3CCCCC3)cc2)cc1. The molecular weight excluding hydrogens is 334 g/mol. The number of nitrogens with zero attached hydrogens (tertiary/aromatic N) is 1. The van der Waals surface area contributed by atoms with Crippen LogP contribution in [0.3, 0.4) is 0 Å². The standard InChI is InChI=1S/C17H19NO3S.ClH/c19-22(20,21)17-10-6-15(7-11-17)14-4-8-16(9-5-14)18-12-2-1-3-13-18;/h4-11H,1-3,12-13H2,(H,19,20,21);1H. The second-order valence-corrected chi connectivity index (χ2v) is 7.02. The zero-order valence-corrected chi connectivity index (χ0v) is 14.3. The summed E-state index contributed by atoms with van der Waals surface area (Å²) in [5.74, 6) is 0. The Hall–Kier alpha value is -1.56. The van der Waals surface area contributed by atoms with E-state index < -0.39 is 10.1 Å². The summed E-state index contributed by atoms with van der Waals surface area (Å²) in [5.41, 5.74) is 3.19. The number of hydrogen-bond donors (Lipinski definition) is 1. The van der Waals surface area contributed by atoms with Crippen LogP contribution >= 0.6 is 12.4 Å². The molecule has 1 aliphatic heterocycles.